The Morgan fingerprint density at radius 1 is 1.31 bits per heavy atom. The average molecular weight is 385 g/mol. The first kappa shape index (κ1) is 18.2. The van der Waals surface area contributed by atoms with Crippen LogP contribution in [0.5, 0.6) is 11.5 Å². The molecular formula is C16H14F3N3O3S. The summed E-state index contributed by atoms with van der Waals surface area (Å²) in [6.07, 6.45) is -3.14. The summed E-state index contributed by atoms with van der Waals surface area (Å²) >= 11 is 0. The van der Waals surface area contributed by atoms with Crippen molar-refractivity contribution in [3.8, 4) is 11.5 Å². The predicted octanol–water partition coefficient (Wildman–Crippen LogP) is 3.22. The van der Waals surface area contributed by atoms with Gasteiger partial charge in [-0.05, 0) is 25.1 Å². The first-order valence-corrected chi connectivity index (χ1v) is 8.76. The van der Waals surface area contributed by atoms with E-state index in [1.165, 1.54) is 24.4 Å². The van der Waals surface area contributed by atoms with E-state index in [1.54, 1.807) is 13.0 Å². The van der Waals surface area contributed by atoms with Crippen molar-refractivity contribution in [2.45, 2.75) is 24.0 Å². The summed E-state index contributed by atoms with van der Waals surface area (Å²) in [5, 5.41) is 9.65. The van der Waals surface area contributed by atoms with Crippen molar-refractivity contribution in [1.29, 1.82) is 0 Å². The molecule has 6 nitrogen and oxygen atoms in total. The fourth-order valence-corrected chi connectivity index (χ4v) is 3.40. The van der Waals surface area contributed by atoms with Crippen molar-refractivity contribution in [3.05, 3.63) is 41.7 Å². The maximum Gasteiger partial charge on any atom is 0.422 e. The van der Waals surface area contributed by atoms with Crippen molar-refractivity contribution < 1.29 is 27.2 Å². The van der Waals surface area contributed by atoms with Crippen LogP contribution in [-0.2, 0) is 16.6 Å². The highest BCUT2D eigenvalue weighted by Crippen LogP contribution is 2.25. The van der Waals surface area contributed by atoms with Gasteiger partial charge in [0.05, 0.1) is 33.3 Å². The number of hydrogen-bond donors (Lipinski definition) is 2. The minimum Gasteiger partial charge on any atom is -0.508 e. The van der Waals surface area contributed by atoms with Crippen molar-refractivity contribution in [2.75, 3.05) is 6.61 Å². The lowest BCUT2D eigenvalue weighted by Gasteiger charge is -2.13. The molecule has 0 radical (unpaired) electrons. The highest BCUT2D eigenvalue weighted by Gasteiger charge is 2.29. The molecule has 0 amide bonds. The lowest BCUT2D eigenvalue weighted by atomic mass is 10.2. The summed E-state index contributed by atoms with van der Waals surface area (Å²) in [4.78, 5) is 11.1. The van der Waals surface area contributed by atoms with Crippen LogP contribution in [0, 0.1) is 6.92 Å². The maximum absolute atomic E-state index is 12.5. The Hall–Kier alpha value is -2.62. The van der Waals surface area contributed by atoms with Crippen LogP contribution in [0.2, 0.25) is 0 Å². The number of rotatable bonds is 5. The molecule has 3 rings (SSSR count). The highest BCUT2D eigenvalue weighted by atomic mass is 32.2. The van der Waals surface area contributed by atoms with Crippen LogP contribution in [-0.4, -0.2) is 37.1 Å². The number of benzene rings is 1. The number of phenolic OH excluding ortho intramolecular Hbond substituents is 1. The van der Waals surface area contributed by atoms with Gasteiger partial charge in [-0.15, -0.1) is 0 Å². The SMILES string of the molecule is Cc1c(OCC(F)(F)F)ccnc1C[S@@](=O)c1nc2ccc(O)cc2[nH]1. The summed E-state index contributed by atoms with van der Waals surface area (Å²) in [5.41, 5.74) is 1.81. The van der Waals surface area contributed by atoms with Gasteiger partial charge in [-0.25, -0.2) is 4.98 Å². The Morgan fingerprint density at radius 2 is 2.08 bits per heavy atom. The van der Waals surface area contributed by atoms with Gasteiger partial charge in [0.1, 0.15) is 11.5 Å². The number of aromatic amines is 1. The van der Waals surface area contributed by atoms with Crippen LogP contribution in [0.4, 0.5) is 13.2 Å². The third-order valence-electron chi connectivity index (χ3n) is 3.58. The molecule has 0 fully saturated rings. The molecule has 1 atom stereocenters. The molecule has 0 unspecified atom stereocenters. The van der Waals surface area contributed by atoms with Gasteiger partial charge >= 0.3 is 6.18 Å². The number of aromatic hydroxyl groups is 1. The number of hydrogen-bond acceptors (Lipinski definition) is 5. The molecule has 0 aliphatic rings. The quantitative estimate of drug-likeness (QED) is 0.704. The Morgan fingerprint density at radius 3 is 2.81 bits per heavy atom. The molecule has 0 aliphatic heterocycles. The number of ether oxygens (including phenoxy) is 1. The molecule has 0 saturated carbocycles. The molecule has 26 heavy (non-hydrogen) atoms. The first-order chi connectivity index (χ1) is 12.2. The van der Waals surface area contributed by atoms with E-state index in [1.807, 2.05) is 0 Å². The number of aromatic nitrogens is 3. The topological polar surface area (TPSA) is 88.1 Å². The van der Waals surface area contributed by atoms with E-state index in [0.29, 0.717) is 22.3 Å². The Labute approximate surface area is 148 Å². The molecule has 0 spiro atoms. The Kier molecular flexibility index (Phi) is 4.86. The molecule has 0 saturated heterocycles. The van der Waals surface area contributed by atoms with Gasteiger partial charge in [-0.2, -0.15) is 13.2 Å². The summed E-state index contributed by atoms with van der Waals surface area (Å²) in [7, 11) is -1.60. The molecule has 2 aromatic heterocycles. The first-order valence-electron chi connectivity index (χ1n) is 7.44. The normalized spacial score (nSPS) is 13.1. The summed E-state index contributed by atoms with van der Waals surface area (Å²) < 4.78 is 54.3. The summed E-state index contributed by atoms with van der Waals surface area (Å²) in [6, 6.07) is 5.83. The number of alkyl halides is 3. The van der Waals surface area contributed by atoms with E-state index >= 15 is 0 Å². The molecular weight excluding hydrogens is 371 g/mol. The zero-order valence-electron chi connectivity index (χ0n) is 13.5. The van der Waals surface area contributed by atoms with Gasteiger partial charge in [0, 0.05) is 17.8 Å². The number of fused-ring (bicyclic) bond motifs is 1. The largest absolute Gasteiger partial charge is 0.508 e. The van der Waals surface area contributed by atoms with E-state index < -0.39 is 23.6 Å². The van der Waals surface area contributed by atoms with Gasteiger partial charge in [0.15, 0.2) is 11.8 Å². The van der Waals surface area contributed by atoms with Gasteiger partial charge in [0.2, 0.25) is 0 Å². The van der Waals surface area contributed by atoms with Crippen LogP contribution in [0.15, 0.2) is 35.6 Å². The Bertz CT molecular complexity index is 972. The van der Waals surface area contributed by atoms with Crippen LogP contribution < -0.4 is 4.74 Å². The number of halogens is 3. The maximum atomic E-state index is 12.5. The number of nitrogens with one attached hydrogen (secondary N) is 1. The van der Waals surface area contributed by atoms with Gasteiger partial charge in [0.25, 0.3) is 0 Å². The molecule has 10 heteroatoms. The molecule has 2 N–H and O–H groups in total. The molecule has 0 bridgehead atoms. The number of pyridine rings is 1. The molecule has 3 aromatic rings. The average Bonchev–Trinajstić information content (AvgIpc) is 2.98. The van der Waals surface area contributed by atoms with E-state index in [9.17, 15) is 22.5 Å². The van der Waals surface area contributed by atoms with Gasteiger partial charge in [-0.3, -0.25) is 9.19 Å². The minimum atomic E-state index is -4.45. The number of imidazole rings is 1. The van der Waals surface area contributed by atoms with E-state index in [0.717, 1.165) is 0 Å². The second kappa shape index (κ2) is 6.94. The second-order valence-electron chi connectivity index (χ2n) is 5.52. The van der Waals surface area contributed by atoms with Crippen molar-refractivity contribution in [1.82, 2.24) is 15.0 Å². The van der Waals surface area contributed by atoms with Crippen molar-refractivity contribution >= 4 is 21.8 Å². The van der Waals surface area contributed by atoms with Crippen LogP contribution in [0.3, 0.4) is 0 Å². The van der Waals surface area contributed by atoms with E-state index in [-0.39, 0.29) is 22.4 Å². The summed E-state index contributed by atoms with van der Waals surface area (Å²) in [5.74, 6) is 0.0466. The predicted molar refractivity (Wildman–Crippen MR) is 88.4 cm³/mol. The third kappa shape index (κ3) is 4.13. The second-order valence-corrected chi connectivity index (χ2v) is 6.88. The van der Waals surface area contributed by atoms with E-state index in [2.05, 4.69) is 15.0 Å². The zero-order chi connectivity index (χ0) is 18.9. The molecule has 138 valence electrons. The van der Waals surface area contributed by atoms with Crippen molar-refractivity contribution in [3.63, 3.8) is 0 Å². The standard InChI is InChI=1S/C16H14F3N3O3S/c1-9-13(20-5-4-14(9)25-8-16(17,18)19)7-26(24)15-21-11-3-2-10(23)6-12(11)22-15/h2-6,23H,7-8H2,1H3,(H,21,22)/t26-/m1/s1. The number of H-pyrrole nitrogens is 1. The molecule has 1 aromatic carbocycles. The zero-order valence-corrected chi connectivity index (χ0v) is 14.3. The minimum absolute atomic E-state index is 0.0406. The van der Waals surface area contributed by atoms with Crippen LogP contribution >= 0.6 is 0 Å². The lowest BCUT2D eigenvalue weighted by molar-refractivity contribution is -0.153. The smallest absolute Gasteiger partial charge is 0.422 e. The molecule has 2 heterocycles. The van der Waals surface area contributed by atoms with Gasteiger partial charge in [-0.1, -0.05) is 0 Å². The van der Waals surface area contributed by atoms with Crippen LogP contribution in [0.1, 0.15) is 11.3 Å². The number of nitrogens with zero attached hydrogens (tertiary/aromatic N) is 2. The number of phenols is 1. The third-order valence-corrected chi connectivity index (χ3v) is 4.74. The van der Waals surface area contributed by atoms with E-state index in [4.69, 9.17) is 4.74 Å². The van der Waals surface area contributed by atoms with Gasteiger partial charge < -0.3 is 14.8 Å². The Balaban J connectivity index is 1.80. The monoisotopic (exact) mass is 385 g/mol. The lowest BCUT2D eigenvalue weighted by Crippen LogP contribution is -2.19. The van der Waals surface area contributed by atoms with Crippen LogP contribution in [0.25, 0.3) is 11.0 Å². The summed E-state index contributed by atoms with van der Waals surface area (Å²) in [6.45, 7) is 0.148. The highest BCUT2D eigenvalue weighted by molar-refractivity contribution is 7.84. The fraction of sp³-hybridized carbons (Fsp3) is 0.250. The molecule has 0 aliphatic carbocycles. The fourth-order valence-electron chi connectivity index (χ4n) is 2.30. The van der Waals surface area contributed by atoms with Crippen molar-refractivity contribution in [2.24, 2.45) is 0 Å².